The quantitative estimate of drug-likeness (QED) is 0.378. The fourth-order valence-electron chi connectivity index (χ4n) is 3.66. The van der Waals surface area contributed by atoms with Crippen molar-refractivity contribution in [2.24, 2.45) is 7.05 Å². The van der Waals surface area contributed by atoms with Crippen molar-refractivity contribution in [3.8, 4) is 22.4 Å². The van der Waals surface area contributed by atoms with Gasteiger partial charge in [-0.1, -0.05) is 41.7 Å². The number of rotatable bonds is 6. The van der Waals surface area contributed by atoms with Crippen molar-refractivity contribution >= 4 is 49.6 Å². The zero-order valence-electron chi connectivity index (χ0n) is 17.6. The van der Waals surface area contributed by atoms with Crippen LogP contribution in [-0.4, -0.2) is 43.5 Å². The molecule has 162 valence electrons. The van der Waals surface area contributed by atoms with E-state index in [-0.39, 0.29) is 0 Å². The standard InChI is InChI=1S/C23H21N5O2S2/c1-28-13-26-21-18(28)10-15(12-25-21)17-11-16(14-6-4-3-5-7-14)19-20(24)23(31-22(19)27-17)32(29)9-8-30-2/h3-7,10-13H,8-9,24H2,1-2H3/t32-/m0/s1. The van der Waals surface area contributed by atoms with Crippen LogP contribution in [0.15, 0.2) is 59.2 Å². The van der Waals surface area contributed by atoms with Crippen LogP contribution in [0.4, 0.5) is 5.69 Å². The summed E-state index contributed by atoms with van der Waals surface area (Å²) >= 11 is 0.124. The maximum Gasteiger partial charge on any atom is 0.232 e. The van der Waals surface area contributed by atoms with E-state index in [4.69, 9.17) is 15.5 Å². The normalized spacial score (nSPS) is 12.6. The van der Waals surface area contributed by atoms with Gasteiger partial charge in [-0.15, -0.1) is 0 Å². The number of hydrogen-bond acceptors (Lipinski definition) is 7. The highest BCUT2D eigenvalue weighted by Gasteiger charge is 2.25. The molecule has 0 aliphatic carbocycles. The lowest BCUT2D eigenvalue weighted by molar-refractivity contribution is 0.217. The number of nitrogen functional groups attached to an aromatic ring is 1. The van der Waals surface area contributed by atoms with Crippen molar-refractivity contribution in [3.63, 3.8) is 0 Å². The van der Waals surface area contributed by atoms with Crippen molar-refractivity contribution in [3.05, 3.63) is 55.0 Å². The fraction of sp³-hybridized carbons (Fsp3) is 0.174. The maximum absolute atomic E-state index is 12.9. The van der Waals surface area contributed by atoms with E-state index in [1.54, 1.807) is 19.6 Å². The molecule has 0 saturated carbocycles. The van der Waals surface area contributed by atoms with Crippen LogP contribution in [-0.2, 0) is 23.0 Å². The molecule has 2 N–H and O–H groups in total. The van der Waals surface area contributed by atoms with Gasteiger partial charge in [-0.3, -0.25) is 0 Å². The molecule has 0 aliphatic rings. The lowest BCUT2D eigenvalue weighted by Crippen LogP contribution is -2.11. The summed E-state index contributed by atoms with van der Waals surface area (Å²) in [6, 6.07) is 14.1. The van der Waals surface area contributed by atoms with Crippen LogP contribution in [0.25, 0.3) is 43.8 Å². The summed E-state index contributed by atoms with van der Waals surface area (Å²) < 4.78 is 20.5. The van der Waals surface area contributed by atoms with E-state index in [1.807, 2.05) is 54.1 Å². The molecule has 0 bridgehead atoms. The molecular formula is C23H21N5O2S2. The predicted octanol–water partition coefficient (Wildman–Crippen LogP) is 4.25. The third-order valence-corrected chi connectivity index (χ3v) is 8.18. The molecule has 0 aliphatic heterocycles. The van der Waals surface area contributed by atoms with E-state index in [0.29, 0.717) is 27.9 Å². The summed E-state index contributed by atoms with van der Waals surface area (Å²) in [5.41, 5.74) is 12.3. The molecule has 5 aromatic rings. The van der Waals surface area contributed by atoms with Crippen LogP contribution in [0.5, 0.6) is 0 Å². The number of imidazole rings is 1. The second-order valence-corrected chi connectivity index (χ2v) is 10.1. The third kappa shape index (κ3) is 3.63. The van der Waals surface area contributed by atoms with Crippen molar-refractivity contribution in [2.45, 2.75) is 4.21 Å². The molecule has 0 amide bonds. The van der Waals surface area contributed by atoms with Gasteiger partial charge >= 0.3 is 0 Å². The number of fused-ring (bicyclic) bond motifs is 2. The number of ether oxygens (including phenoxy) is 1. The third-order valence-electron chi connectivity index (χ3n) is 5.31. The second-order valence-electron chi connectivity index (χ2n) is 7.37. The number of anilines is 1. The van der Waals surface area contributed by atoms with Crippen LogP contribution in [0.1, 0.15) is 0 Å². The largest absolute Gasteiger partial charge is 0.611 e. The Morgan fingerprint density at radius 2 is 1.97 bits per heavy atom. The highest BCUT2D eigenvalue weighted by atomic mass is 32.2. The molecule has 1 aromatic carbocycles. The Morgan fingerprint density at radius 3 is 2.75 bits per heavy atom. The summed E-state index contributed by atoms with van der Waals surface area (Å²) in [7, 11) is 3.54. The van der Waals surface area contributed by atoms with Crippen LogP contribution >= 0.6 is 11.3 Å². The monoisotopic (exact) mass is 463 g/mol. The van der Waals surface area contributed by atoms with Gasteiger partial charge in [0.2, 0.25) is 4.21 Å². The molecule has 0 fully saturated rings. The smallest absolute Gasteiger partial charge is 0.232 e. The first-order valence-electron chi connectivity index (χ1n) is 10.00. The lowest BCUT2D eigenvalue weighted by atomic mass is 10.0. The topological polar surface area (TPSA) is 102 Å². The minimum Gasteiger partial charge on any atom is -0.611 e. The molecule has 4 aromatic heterocycles. The number of thiophene rings is 1. The van der Waals surface area contributed by atoms with E-state index in [2.05, 4.69) is 9.97 Å². The first-order chi connectivity index (χ1) is 15.6. The molecule has 0 saturated heterocycles. The van der Waals surface area contributed by atoms with Crippen LogP contribution in [0.2, 0.25) is 0 Å². The highest BCUT2D eigenvalue weighted by molar-refractivity contribution is 7.93. The summed E-state index contributed by atoms with van der Waals surface area (Å²) in [6.45, 7) is 0.404. The van der Waals surface area contributed by atoms with E-state index in [9.17, 15) is 4.55 Å². The Hall–Kier alpha value is -2.98. The summed E-state index contributed by atoms with van der Waals surface area (Å²) in [6.07, 6.45) is 3.53. The number of hydrogen-bond donors (Lipinski definition) is 1. The van der Waals surface area contributed by atoms with Crippen LogP contribution in [0.3, 0.4) is 0 Å². The molecule has 32 heavy (non-hydrogen) atoms. The number of methoxy groups -OCH3 is 1. The molecular weight excluding hydrogens is 442 g/mol. The SMILES string of the molecule is COCC[S@+]([O-])c1sc2nc(-c3cnc4ncn(C)c4c3)cc(-c3ccccc3)c2c1N. The van der Waals surface area contributed by atoms with Crippen molar-refractivity contribution in [1.82, 2.24) is 19.5 Å². The van der Waals surface area contributed by atoms with E-state index >= 15 is 0 Å². The number of benzene rings is 1. The second kappa shape index (κ2) is 8.51. The number of nitrogens with zero attached hydrogens (tertiary/aromatic N) is 4. The molecule has 4 heterocycles. The minimum atomic E-state index is -1.25. The molecule has 7 nitrogen and oxygen atoms in total. The lowest BCUT2D eigenvalue weighted by Gasteiger charge is -2.10. The molecule has 0 unspecified atom stereocenters. The number of pyridine rings is 2. The van der Waals surface area contributed by atoms with Crippen LogP contribution < -0.4 is 5.73 Å². The summed E-state index contributed by atoms with van der Waals surface area (Å²) in [5.74, 6) is 0.391. The van der Waals surface area contributed by atoms with Crippen molar-refractivity contribution < 1.29 is 9.29 Å². The Labute approximate surface area is 192 Å². The number of aromatic nitrogens is 4. The fourth-order valence-corrected chi connectivity index (χ4v) is 6.23. The van der Waals surface area contributed by atoms with Gasteiger partial charge in [0.15, 0.2) is 5.65 Å². The van der Waals surface area contributed by atoms with Gasteiger partial charge in [0.05, 0.1) is 24.1 Å². The van der Waals surface area contributed by atoms with Gasteiger partial charge in [0.1, 0.15) is 16.3 Å². The van der Waals surface area contributed by atoms with E-state index in [0.717, 1.165) is 38.1 Å². The average molecular weight is 464 g/mol. The van der Waals surface area contributed by atoms with Crippen molar-refractivity contribution in [2.75, 3.05) is 25.2 Å². The molecule has 0 spiro atoms. The number of aryl methyl sites for hydroxylation is 1. The maximum atomic E-state index is 12.9. The van der Waals surface area contributed by atoms with Gasteiger partial charge in [-0.2, -0.15) is 0 Å². The minimum absolute atomic E-state index is 0.391. The van der Waals surface area contributed by atoms with Crippen molar-refractivity contribution in [1.29, 1.82) is 0 Å². The number of nitrogens with two attached hydrogens (primary N) is 1. The summed E-state index contributed by atoms with van der Waals surface area (Å²) in [5, 5.41) is 0.834. The Bertz CT molecular complexity index is 1410. The zero-order chi connectivity index (χ0) is 22.2. The van der Waals surface area contributed by atoms with E-state index < -0.39 is 11.2 Å². The first-order valence-corrected chi connectivity index (χ1v) is 12.1. The van der Waals surface area contributed by atoms with Gasteiger partial charge in [0.25, 0.3) is 0 Å². The zero-order valence-corrected chi connectivity index (χ0v) is 19.2. The first kappa shape index (κ1) is 20.9. The molecule has 1 atom stereocenters. The molecule has 0 radical (unpaired) electrons. The molecule has 5 rings (SSSR count). The van der Waals surface area contributed by atoms with Crippen LogP contribution in [0, 0.1) is 0 Å². The highest BCUT2D eigenvalue weighted by Crippen LogP contribution is 2.43. The predicted molar refractivity (Wildman–Crippen MR) is 130 cm³/mol. The Kier molecular flexibility index (Phi) is 5.56. The van der Waals surface area contributed by atoms with Gasteiger partial charge < -0.3 is 19.6 Å². The average Bonchev–Trinajstić information content (AvgIpc) is 3.37. The summed E-state index contributed by atoms with van der Waals surface area (Å²) in [4.78, 5) is 14.4. The Balaban J connectivity index is 1.73. The Morgan fingerprint density at radius 1 is 1.16 bits per heavy atom. The molecule has 9 heteroatoms. The van der Waals surface area contributed by atoms with E-state index in [1.165, 1.54) is 11.3 Å². The van der Waals surface area contributed by atoms with Gasteiger partial charge in [-0.25, -0.2) is 15.0 Å². The van der Waals surface area contributed by atoms with Gasteiger partial charge in [-0.05, 0) is 23.3 Å². The van der Waals surface area contributed by atoms with Gasteiger partial charge in [0, 0.05) is 42.5 Å².